The first-order chi connectivity index (χ1) is 9.70. The monoisotopic (exact) mass is 269 g/mol. The minimum atomic E-state index is -0.589. The first-order valence-electron chi connectivity index (χ1n) is 7.15. The number of nitrogens with two attached hydrogens (primary N) is 1. The minimum Gasteiger partial charge on any atom is -0.465 e. The Bertz CT molecular complexity index is 653. The van der Waals surface area contributed by atoms with Crippen molar-refractivity contribution in [3.8, 4) is 0 Å². The molecule has 0 bridgehead atoms. The number of ether oxygens (including phenoxy) is 1. The summed E-state index contributed by atoms with van der Waals surface area (Å²) in [5.41, 5.74) is 9.89. The summed E-state index contributed by atoms with van der Waals surface area (Å²) >= 11 is 0. The molecule has 3 rings (SSSR count). The SMILES string of the molecule is CCOC(=O)C(N)Cc1ccc2c3c(cccc13)CC2. The fraction of sp³-hybridized carbons (Fsp3) is 0.353. The maximum absolute atomic E-state index is 11.7. The van der Waals surface area contributed by atoms with E-state index >= 15 is 0 Å². The van der Waals surface area contributed by atoms with Gasteiger partial charge < -0.3 is 10.5 Å². The number of esters is 1. The van der Waals surface area contributed by atoms with Gasteiger partial charge in [0, 0.05) is 0 Å². The molecule has 0 radical (unpaired) electrons. The van der Waals surface area contributed by atoms with Crippen molar-refractivity contribution in [1.29, 1.82) is 0 Å². The molecule has 2 aromatic rings. The Hall–Kier alpha value is -1.87. The van der Waals surface area contributed by atoms with Crippen molar-refractivity contribution in [2.24, 2.45) is 5.73 Å². The Morgan fingerprint density at radius 2 is 2.00 bits per heavy atom. The van der Waals surface area contributed by atoms with Gasteiger partial charge in [0.1, 0.15) is 6.04 Å². The Morgan fingerprint density at radius 3 is 2.75 bits per heavy atom. The highest BCUT2D eigenvalue weighted by molar-refractivity contribution is 5.93. The van der Waals surface area contributed by atoms with Crippen molar-refractivity contribution in [1.82, 2.24) is 0 Å². The predicted molar refractivity (Wildman–Crippen MR) is 79.7 cm³/mol. The van der Waals surface area contributed by atoms with Crippen LogP contribution in [-0.4, -0.2) is 18.6 Å². The first kappa shape index (κ1) is 13.1. The molecule has 0 saturated heterocycles. The fourth-order valence-electron chi connectivity index (χ4n) is 3.05. The molecule has 0 spiro atoms. The average Bonchev–Trinajstić information content (AvgIpc) is 2.87. The van der Waals surface area contributed by atoms with Crippen LogP contribution in [0.5, 0.6) is 0 Å². The number of rotatable bonds is 4. The number of aryl methyl sites for hydroxylation is 2. The van der Waals surface area contributed by atoms with Crippen LogP contribution in [0.15, 0.2) is 30.3 Å². The number of benzene rings is 2. The van der Waals surface area contributed by atoms with Gasteiger partial charge in [-0.1, -0.05) is 30.3 Å². The van der Waals surface area contributed by atoms with E-state index in [4.69, 9.17) is 10.5 Å². The van der Waals surface area contributed by atoms with E-state index in [1.165, 1.54) is 21.9 Å². The number of carbonyl (C=O) groups excluding carboxylic acids is 1. The summed E-state index contributed by atoms with van der Waals surface area (Å²) in [7, 11) is 0. The maximum Gasteiger partial charge on any atom is 0.323 e. The molecule has 1 unspecified atom stereocenters. The second-order valence-corrected chi connectivity index (χ2v) is 5.29. The molecule has 3 nitrogen and oxygen atoms in total. The summed E-state index contributed by atoms with van der Waals surface area (Å²) < 4.78 is 4.98. The van der Waals surface area contributed by atoms with E-state index in [0.29, 0.717) is 13.0 Å². The molecule has 1 aliphatic rings. The number of carbonyl (C=O) groups is 1. The van der Waals surface area contributed by atoms with E-state index in [1.807, 2.05) is 0 Å². The van der Waals surface area contributed by atoms with Crippen molar-refractivity contribution < 1.29 is 9.53 Å². The van der Waals surface area contributed by atoms with Gasteiger partial charge in [0.25, 0.3) is 0 Å². The van der Waals surface area contributed by atoms with Crippen LogP contribution in [0.25, 0.3) is 10.8 Å². The zero-order valence-electron chi connectivity index (χ0n) is 11.7. The van der Waals surface area contributed by atoms with Crippen LogP contribution in [0.1, 0.15) is 23.6 Å². The topological polar surface area (TPSA) is 52.3 Å². The molecule has 0 aliphatic heterocycles. The molecule has 0 aromatic heterocycles. The fourth-order valence-corrected chi connectivity index (χ4v) is 3.05. The molecule has 1 aliphatic carbocycles. The molecule has 0 amide bonds. The van der Waals surface area contributed by atoms with E-state index < -0.39 is 6.04 Å². The summed E-state index contributed by atoms with van der Waals surface area (Å²) in [5.74, 6) is -0.323. The second-order valence-electron chi connectivity index (χ2n) is 5.29. The number of hydrogen-bond donors (Lipinski definition) is 1. The first-order valence-corrected chi connectivity index (χ1v) is 7.15. The molecule has 3 heteroatoms. The molecule has 0 heterocycles. The van der Waals surface area contributed by atoms with Crippen molar-refractivity contribution in [2.75, 3.05) is 6.61 Å². The van der Waals surface area contributed by atoms with Gasteiger partial charge in [0.15, 0.2) is 0 Å². The van der Waals surface area contributed by atoms with E-state index in [2.05, 4.69) is 30.3 Å². The zero-order chi connectivity index (χ0) is 14.1. The van der Waals surface area contributed by atoms with Crippen LogP contribution in [-0.2, 0) is 28.8 Å². The standard InChI is InChI=1S/C17H19NO2/c1-2-20-17(19)15(18)10-13-9-8-12-7-6-11-4-3-5-14(13)16(11)12/h3-5,8-9,15H,2,6-7,10,18H2,1H3. The molecule has 20 heavy (non-hydrogen) atoms. The van der Waals surface area contributed by atoms with Crippen LogP contribution in [0.2, 0.25) is 0 Å². The maximum atomic E-state index is 11.7. The Kier molecular flexibility index (Phi) is 3.45. The highest BCUT2D eigenvalue weighted by Crippen LogP contribution is 2.33. The van der Waals surface area contributed by atoms with Gasteiger partial charge in [0.05, 0.1) is 6.61 Å². The lowest BCUT2D eigenvalue weighted by molar-refractivity contribution is -0.144. The van der Waals surface area contributed by atoms with E-state index in [-0.39, 0.29) is 5.97 Å². The molecule has 104 valence electrons. The molecular formula is C17H19NO2. The van der Waals surface area contributed by atoms with Crippen LogP contribution in [0, 0.1) is 0 Å². The second kappa shape index (κ2) is 5.25. The van der Waals surface area contributed by atoms with Gasteiger partial charge in [-0.3, -0.25) is 4.79 Å². The Labute approximate surface area is 118 Å². The molecule has 0 fully saturated rings. The smallest absolute Gasteiger partial charge is 0.323 e. The zero-order valence-corrected chi connectivity index (χ0v) is 11.7. The van der Waals surface area contributed by atoms with E-state index in [1.54, 1.807) is 6.92 Å². The highest BCUT2D eigenvalue weighted by atomic mass is 16.5. The predicted octanol–water partition coefficient (Wildman–Crippen LogP) is 2.37. The van der Waals surface area contributed by atoms with Gasteiger partial charge in [-0.15, -0.1) is 0 Å². The normalized spacial score (nSPS) is 14.5. The van der Waals surface area contributed by atoms with Gasteiger partial charge in [-0.05, 0) is 53.6 Å². The van der Waals surface area contributed by atoms with Crippen molar-refractivity contribution in [3.63, 3.8) is 0 Å². The summed E-state index contributed by atoms with van der Waals surface area (Å²) in [4.78, 5) is 11.7. The minimum absolute atomic E-state index is 0.323. The van der Waals surface area contributed by atoms with E-state index in [9.17, 15) is 4.79 Å². The average molecular weight is 269 g/mol. The van der Waals surface area contributed by atoms with Gasteiger partial charge in [0.2, 0.25) is 0 Å². The quantitative estimate of drug-likeness (QED) is 0.867. The summed E-state index contributed by atoms with van der Waals surface area (Å²) in [6.07, 6.45) is 2.75. The summed E-state index contributed by atoms with van der Waals surface area (Å²) in [6, 6.07) is 10.1. The van der Waals surface area contributed by atoms with E-state index in [0.717, 1.165) is 18.4 Å². The molecule has 2 N–H and O–H groups in total. The molecular weight excluding hydrogens is 250 g/mol. The molecule has 1 atom stereocenters. The summed E-state index contributed by atoms with van der Waals surface area (Å²) in [5, 5.41) is 2.60. The van der Waals surface area contributed by atoms with Crippen molar-refractivity contribution >= 4 is 16.7 Å². The highest BCUT2D eigenvalue weighted by Gasteiger charge is 2.19. The lowest BCUT2D eigenvalue weighted by atomic mass is 9.96. The van der Waals surface area contributed by atoms with Crippen molar-refractivity contribution in [3.05, 3.63) is 47.0 Å². The van der Waals surface area contributed by atoms with Crippen LogP contribution >= 0.6 is 0 Å². The van der Waals surface area contributed by atoms with Gasteiger partial charge >= 0.3 is 5.97 Å². The van der Waals surface area contributed by atoms with Crippen LogP contribution < -0.4 is 5.73 Å². The third kappa shape index (κ3) is 2.18. The Balaban J connectivity index is 1.95. The lowest BCUT2D eigenvalue weighted by Gasteiger charge is -2.13. The van der Waals surface area contributed by atoms with Gasteiger partial charge in [-0.2, -0.15) is 0 Å². The van der Waals surface area contributed by atoms with Gasteiger partial charge in [-0.25, -0.2) is 0 Å². The third-order valence-corrected chi connectivity index (χ3v) is 4.00. The van der Waals surface area contributed by atoms with Crippen molar-refractivity contribution in [2.45, 2.75) is 32.2 Å². The largest absolute Gasteiger partial charge is 0.465 e. The van der Waals surface area contributed by atoms with Crippen LogP contribution in [0.3, 0.4) is 0 Å². The molecule has 0 saturated carbocycles. The third-order valence-electron chi connectivity index (χ3n) is 4.00. The molecule has 2 aromatic carbocycles. The van der Waals surface area contributed by atoms with Crippen LogP contribution in [0.4, 0.5) is 0 Å². The summed E-state index contributed by atoms with van der Waals surface area (Å²) in [6.45, 7) is 2.17. The lowest BCUT2D eigenvalue weighted by Crippen LogP contribution is -2.34. The Morgan fingerprint density at radius 1 is 1.25 bits per heavy atom. The number of hydrogen-bond acceptors (Lipinski definition) is 3.